The molecule has 4 nitrogen and oxygen atoms in total. The minimum atomic E-state index is -2.91. The molecule has 6 heteroatoms. The second kappa shape index (κ2) is 4.17. The van der Waals surface area contributed by atoms with Gasteiger partial charge in [-0.25, -0.2) is 8.42 Å². The number of nitrogens with zero attached hydrogens (tertiary/aromatic N) is 1. The zero-order chi connectivity index (χ0) is 9.90. The first kappa shape index (κ1) is 10.6. The third-order valence-corrected chi connectivity index (χ3v) is 3.50. The van der Waals surface area contributed by atoms with Gasteiger partial charge in [-0.05, 0) is 6.42 Å². The smallest absolute Gasteiger partial charge is 0.147 e. The van der Waals surface area contributed by atoms with Crippen LogP contribution >= 0.6 is 11.3 Å². The van der Waals surface area contributed by atoms with Crippen molar-refractivity contribution in [2.45, 2.75) is 12.5 Å². The Labute approximate surface area is 81.7 Å². The Kier molecular flexibility index (Phi) is 3.40. The first-order valence-corrected chi connectivity index (χ1v) is 6.75. The lowest BCUT2D eigenvalue weighted by molar-refractivity contribution is 0.592. The Morgan fingerprint density at radius 3 is 2.85 bits per heavy atom. The quantitative estimate of drug-likeness (QED) is 0.805. The van der Waals surface area contributed by atoms with E-state index in [9.17, 15) is 8.42 Å². The van der Waals surface area contributed by atoms with Gasteiger partial charge in [0.1, 0.15) is 9.84 Å². The van der Waals surface area contributed by atoms with Gasteiger partial charge in [0.15, 0.2) is 0 Å². The van der Waals surface area contributed by atoms with Crippen molar-refractivity contribution < 1.29 is 8.42 Å². The normalized spacial score (nSPS) is 14.3. The summed E-state index contributed by atoms with van der Waals surface area (Å²) in [6.45, 7) is 0. The van der Waals surface area contributed by atoms with E-state index >= 15 is 0 Å². The Hall–Kier alpha value is -0.460. The molecule has 0 bridgehead atoms. The van der Waals surface area contributed by atoms with Gasteiger partial charge < -0.3 is 5.73 Å². The van der Waals surface area contributed by atoms with E-state index in [0.717, 1.165) is 4.88 Å². The average molecular weight is 220 g/mol. The van der Waals surface area contributed by atoms with Crippen LogP contribution in [0.2, 0.25) is 0 Å². The summed E-state index contributed by atoms with van der Waals surface area (Å²) in [4.78, 5) is 4.81. The van der Waals surface area contributed by atoms with E-state index in [1.54, 1.807) is 11.7 Å². The highest BCUT2D eigenvalue weighted by Crippen LogP contribution is 2.17. The molecule has 0 aliphatic rings. The maximum atomic E-state index is 10.8. The molecule has 1 unspecified atom stereocenters. The largest absolute Gasteiger partial charge is 0.323 e. The molecule has 0 saturated carbocycles. The number of rotatable bonds is 4. The molecular formula is C7H12N2O2S2. The molecule has 0 radical (unpaired) electrons. The highest BCUT2D eigenvalue weighted by Gasteiger charge is 2.10. The number of sulfone groups is 1. The van der Waals surface area contributed by atoms with Gasteiger partial charge in [-0.1, -0.05) is 0 Å². The molecule has 0 saturated heterocycles. The molecule has 0 aromatic carbocycles. The molecule has 0 fully saturated rings. The van der Waals surface area contributed by atoms with E-state index in [1.165, 1.54) is 17.6 Å². The number of nitrogens with two attached hydrogens (primary N) is 1. The molecule has 0 aliphatic heterocycles. The molecule has 74 valence electrons. The van der Waals surface area contributed by atoms with E-state index in [-0.39, 0.29) is 11.8 Å². The maximum absolute atomic E-state index is 10.8. The average Bonchev–Trinajstić information content (AvgIpc) is 2.50. The highest BCUT2D eigenvalue weighted by molar-refractivity contribution is 7.90. The summed E-state index contributed by atoms with van der Waals surface area (Å²) in [6, 6.07) is -0.206. The van der Waals surface area contributed by atoms with Crippen LogP contribution < -0.4 is 5.73 Å². The molecule has 1 aromatic rings. The van der Waals surface area contributed by atoms with Gasteiger partial charge in [0.2, 0.25) is 0 Å². The summed E-state index contributed by atoms with van der Waals surface area (Å²) in [5.74, 6) is 0.131. The number of hydrogen-bond donors (Lipinski definition) is 1. The van der Waals surface area contributed by atoms with Gasteiger partial charge in [0.05, 0.1) is 11.3 Å². The summed E-state index contributed by atoms with van der Waals surface area (Å²) in [5.41, 5.74) is 7.44. The predicted molar refractivity (Wildman–Crippen MR) is 53.4 cm³/mol. The van der Waals surface area contributed by atoms with Crippen LogP contribution in [0.3, 0.4) is 0 Å². The van der Waals surface area contributed by atoms with Crippen LogP contribution in [0.4, 0.5) is 0 Å². The van der Waals surface area contributed by atoms with Crippen molar-refractivity contribution in [3.05, 3.63) is 16.6 Å². The highest BCUT2D eigenvalue weighted by atomic mass is 32.2. The predicted octanol–water partition coefficient (Wildman–Crippen LogP) is 0.578. The Balaban J connectivity index is 2.48. The first-order valence-electron chi connectivity index (χ1n) is 3.81. The van der Waals surface area contributed by atoms with Crippen molar-refractivity contribution in [3.63, 3.8) is 0 Å². The minimum absolute atomic E-state index is 0.131. The van der Waals surface area contributed by atoms with Gasteiger partial charge in [0, 0.05) is 23.4 Å². The van der Waals surface area contributed by atoms with Crippen LogP contribution in [0.5, 0.6) is 0 Å². The van der Waals surface area contributed by atoms with Crippen molar-refractivity contribution in [1.82, 2.24) is 4.98 Å². The SMILES string of the molecule is CS(=O)(=O)CCC(N)c1cncs1. The molecule has 2 N–H and O–H groups in total. The van der Waals surface area contributed by atoms with Gasteiger partial charge in [0.25, 0.3) is 0 Å². The zero-order valence-corrected chi connectivity index (χ0v) is 8.94. The molecule has 13 heavy (non-hydrogen) atoms. The monoisotopic (exact) mass is 220 g/mol. The molecule has 1 rings (SSSR count). The fourth-order valence-corrected chi connectivity index (χ4v) is 2.23. The Morgan fingerprint density at radius 2 is 2.38 bits per heavy atom. The lowest BCUT2D eigenvalue weighted by atomic mass is 10.2. The van der Waals surface area contributed by atoms with Gasteiger partial charge in [-0.2, -0.15) is 0 Å². The zero-order valence-electron chi connectivity index (χ0n) is 7.30. The van der Waals surface area contributed by atoms with Gasteiger partial charge in [-0.15, -0.1) is 11.3 Å². The molecule has 1 aromatic heterocycles. The number of hydrogen-bond acceptors (Lipinski definition) is 5. The van der Waals surface area contributed by atoms with Crippen LogP contribution in [0.1, 0.15) is 17.3 Å². The van der Waals surface area contributed by atoms with Crippen LogP contribution in [-0.2, 0) is 9.84 Å². The lowest BCUT2D eigenvalue weighted by Crippen LogP contribution is -2.14. The molecule has 0 spiro atoms. The molecule has 0 aliphatic carbocycles. The lowest BCUT2D eigenvalue weighted by Gasteiger charge is -2.06. The van der Waals surface area contributed by atoms with E-state index in [2.05, 4.69) is 4.98 Å². The third-order valence-electron chi connectivity index (χ3n) is 1.62. The van der Waals surface area contributed by atoms with E-state index in [0.29, 0.717) is 6.42 Å². The summed E-state index contributed by atoms with van der Waals surface area (Å²) in [6.07, 6.45) is 3.35. The summed E-state index contributed by atoms with van der Waals surface area (Å²) in [7, 11) is -2.91. The fourth-order valence-electron chi connectivity index (χ4n) is 0.892. The van der Waals surface area contributed by atoms with Crippen LogP contribution in [0.25, 0.3) is 0 Å². The maximum Gasteiger partial charge on any atom is 0.147 e. The van der Waals surface area contributed by atoms with Crippen molar-refractivity contribution >= 4 is 21.2 Å². The summed E-state index contributed by atoms with van der Waals surface area (Å²) >= 11 is 1.45. The second-order valence-corrected chi connectivity index (χ2v) is 6.11. The topological polar surface area (TPSA) is 73.0 Å². The van der Waals surface area contributed by atoms with Crippen molar-refractivity contribution in [2.75, 3.05) is 12.0 Å². The number of thiazole rings is 1. The Morgan fingerprint density at radius 1 is 1.69 bits per heavy atom. The summed E-state index contributed by atoms with van der Waals surface area (Å²) in [5, 5.41) is 0. The first-order chi connectivity index (χ1) is 5.99. The van der Waals surface area contributed by atoms with E-state index in [1.807, 2.05) is 0 Å². The minimum Gasteiger partial charge on any atom is -0.323 e. The second-order valence-electron chi connectivity index (χ2n) is 2.93. The van der Waals surface area contributed by atoms with Crippen LogP contribution in [-0.4, -0.2) is 25.4 Å². The molecule has 1 atom stereocenters. The molecular weight excluding hydrogens is 208 g/mol. The van der Waals surface area contributed by atoms with Crippen molar-refractivity contribution in [3.8, 4) is 0 Å². The van der Waals surface area contributed by atoms with Gasteiger partial charge >= 0.3 is 0 Å². The van der Waals surface area contributed by atoms with Crippen molar-refractivity contribution in [1.29, 1.82) is 0 Å². The van der Waals surface area contributed by atoms with Crippen LogP contribution in [0, 0.1) is 0 Å². The summed E-state index contributed by atoms with van der Waals surface area (Å²) < 4.78 is 21.7. The molecule has 1 heterocycles. The number of aromatic nitrogens is 1. The van der Waals surface area contributed by atoms with E-state index < -0.39 is 9.84 Å². The fraction of sp³-hybridized carbons (Fsp3) is 0.571. The van der Waals surface area contributed by atoms with Crippen LogP contribution in [0.15, 0.2) is 11.7 Å². The van der Waals surface area contributed by atoms with Crippen molar-refractivity contribution in [2.24, 2.45) is 5.73 Å². The standard InChI is InChI=1S/C7H12N2O2S2/c1-13(10,11)3-2-6(8)7-4-9-5-12-7/h4-6H,2-3,8H2,1H3. The third kappa shape index (κ3) is 3.84. The Bertz CT molecular complexity index is 345. The molecule has 0 amide bonds. The van der Waals surface area contributed by atoms with Gasteiger partial charge in [-0.3, -0.25) is 4.98 Å². The van der Waals surface area contributed by atoms with E-state index in [4.69, 9.17) is 5.73 Å².